The molecule has 1 aromatic carbocycles. The standard InChI is InChI=1S/C20H30N2O3/c1-15-13-16(7-8-17(15)25-5)19(24)22-10-6-9-21(11-12-22)18(23)14-20(2,3)4/h7-8,13H,6,9-12,14H2,1-5H3. The molecule has 0 N–H and O–H groups in total. The molecule has 0 saturated carbocycles. The molecule has 1 aliphatic heterocycles. The Morgan fingerprint density at radius 3 is 2.32 bits per heavy atom. The van der Waals surface area contributed by atoms with Gasteiger partial charge in [-0.3, -0.25) is 9.59 Å². The number of hydrogen-bond donors (Lipinski definition) is 0. The first kappa shape index (κ1) is 19.3. The van der Waals surface area contributed by atoms with Gasteiger partial charge in [-0.15, -0.1) is 0 Å². The Labute approximate surface area is 150 Å². The van der Waals surface area contributed by atoms with Gasteiger partial charge >= 0.3 is 0 Å². The van der Waals surface area contributed by atoms with Gasteiger partial charge < -0.3 is 14.5 Å². The minimum atomic E-state index is -0.0144. The first-order valence-corrected chi connectivity index (χ1v) is 8.93. The molecule has 5 heteroatoms. The highest BCUT2D eigenvalue weighted by Crippen LogP contribution is 2.22. The van der Waals surface area contributed by atoms with Crippen LogP contribution >= 0.6 is 0 Å². The molecule has 0 aliphatic carbocycles. The van der Waals surface area contributed by atoms with Crippen molar-refractivity contribution in [2.24, 2.45) is 5.41 Å². The van der Waals surface area contributed by atoms with E-state index in [0.29, 0.717) is 31.6 Å². The van der Waals surface area contributed by atoms with E-state index in [9.17, 15) is 9.59 Å². The van der Waals surface area contributed by atoms with E-state index in [1.54, 1.807) is 7.11 Å². The minimum absolute atomic E-state index is 0.0144. The van der Waals surface area contributed by atoms with E-state index < -0.39 is 0 Å². The fraction of sp³-hybridized carbons (Fsp3) is 0.600. The molecule has 1 aromatic rings. The lowest BCUT2D eigenvalue weighted by Crippen LogP contribution is -2.38. The van der Waals surface area contributed by atoms with Gasteiger partial charge in [0.2, 0.25) is 5.91 Å². The Hall–Kier alpha value is -2.04. The number of methoxy groups -OCH3 is 1. The molecule has 1 heterocycles. The molecule has 0 spiro atoms. The fourth-order valence-electron chi connectivity index (χ4n) is 3.13. The Balaban J connectivity index is 2.01. The third kappa shape index (κ3) is 5.21. The normalized spacial score (nSPS) is 15.7. The number of ether oxygens (including phenoxy) is 1. The lowest BCUT2D eigenvalue weighted by molar-refractivity contribution is -0.132. The molecule has 25 heavy (non-hydrogen) atoms. The predicted octanol–water partition coefficient (Wildman–Crippen LogP) is 3.11. The summed E-state index contributed by atoms with van der Waals surface area (Å²) in [6.07, 6.45) is 1.36. The molecule has 0 unspecified atom stereocenters. The lowest BCUT2D eigenvalue weighted by atomic mass is 9.91. The molecule has 0 radical (unpaired) electrons. The summed E-state index contributed by atoms with van der Waals surface area (Å²) in [5.74, 6) is 0.990. The molecule has 2 rings (SSSR count). The SMILES string of the molecule is COc1ccc(C(=O)N2CCCN(C(=O)CC(C)(C)C)CC2)cc1C. The Bertz CT molecular complexity index is 634. The van der Waals surface area contributed by atoms with Crippen LogP contribution in [-0.4, -0.2) is 54.9 Å². The number of carbonyl (C=O) groups is 2. The van der Waals surface area contributed by atoms with E-state index in [0.717, 1.165) is 24.3 Å². The summed E-state index contributed by atoms with van der Waals surface area (Å²) >= 11 is 0. The number of carbonyl (C=O) groups excluding carboxylic acids is 2. The molecule has 138 valence electrons. The molecule has 1 fully saturated rings. The van der Waals surface area contributed by atoms with E-state index in [2.05, 4.69) is 20.8 Å². The van der Waals surface area contributed by atoms with Crippen LogP contribution in [0.25, 0.3) is 0 Å². The van der Waals surface area contributed by atoms with Crippen LogP contribution in [0.2, 0.25) is 0 Å². The van der Waals surface area contributed by atoms with Crippen molar-refractivity contribution in [2.75, 3.05) is 33.3 Å². The van der Waals surface area contributed by atoms with Crippen molar-refractivity contribution in [1.29, 1.82) is 0 Å². The van der Waals surface area contributed by atoms with Gasteiger partial charge in [0.15, 0.2) is 0 Å². The number of aryl methyl sites for hydroxylation is 1. The van der Waals surface area contributed by atoms with Crippen LogP contribution in [0.4, 0.5) is 0 Å². The highest BCUT2D eigenvalue weighted by atomic mass is 16.5. The van der Waals surface area contributed by atoms with Crippen molar-refractivity contribution < 1.29 is 14.3 Å². The van der Waals surface area contributed by atoms with Crippen molar-refractivity contribution in [3.05, 3.63) is 29.3 Å². The Morgan fingerprint density at radius 1 is 1.08 bits per heavy atom. The van der Waals surface area contributed by atoms with Gasteiger partial charge in [0.25, 0.3) is 5.91 Å². The first-order chi connectivity index (χ1) is 11.7. The molecule has 0 bridgehead atoms. The third-order valence-electron chi connectivity index (χ3n) is 4.46. The molecule has 5 nitrogen and oxygen atoms in total. The highest BCUT2D eigenvalue weighted by Gasteiger charge is 2.25. The lowest BCUT2D eigenvalue weighted by Gasteiger charge is -2.26. The predicted molar refractivity (Wildman–Crippen MR) is 98.9 cm³/mol. The van der Waals surface area contributed by atoms with Crippen LogP contribution < -0.4 is 4.74 Å². The van der Waals surface area contributed by atoms with Gasteiger partial charge in [0.1, 0.15) is 5.75 Å². The Morgan fingerprint density at radius 2 is 1.72 bits per heavy atom. The van der Waals surface area contributed by atoms with Crippen molar-refractivity contribution in [3.63, 3.8) is 0 Å². The van der Waals surface area contributed by atoms with Gasteiger partial charge in [-0.2, -0.15) is 0 Å². The van der Waals surface area contributed by atoms with E-state index in [1.807, 2.05) is 34.9 Å². The van der Waals surface area contributed by atoms with Gasteiger partial charge in [-0.25, -0.2) is 0 Å². The average molecular weight is 346 g/mol. The second kappa shape index (κ2) is 7.89. The van der Waals surface area contributed by atoms with Crippen molar-refractivity contribution >= 4 is 11.8 Å². The summed E-state index contributed by atoms with van der Waals surface area (Å²) in [6, 6.07) is 5.51. The van der Waals surface area contributed by atoms with E-state index in [1.165, 1.54) is 0 Å². The zero-order chi connectivity index (χ0) is 18.6. The zero-order valence-corrected chi connectivity index (χ0v) is 16.1. The number of rotatable bonds is 3. The van der Waals surface area contributed by atoms with Crippen molar-refractivity contribution in [1.82, 2.24) is 9.80 Å². The number of hydrogen-bond acceptors (Lipinski definition) is 3. The van der Waals surface area contributed by atoms with Crippen LogP contribution in [0, 0.1) is 12.3 Å². The van der Waals surface area contributed by atoms with Crippen LogP contribution in [0.5, 0.6) is 5.75 Å². The van der Waals surface area contributed by atoms with Gasteiger partial charge in [0, 0.05) is 38.2 Å². The summed E-state index contributed by atoms with van der Waals surface area (Å²) in [4.78, 5) is 29.0. The summed E-state index contributed by atoms with van der Waals surface area (Å²) in [5, 5.41) is 0. The van der Waals surface area contributed by atoms with E-state index in [-0.39, 0.29) is 17.2 Å². The smallest absolute Gasteiger partial charge is 0.253 e. The molecule has 2 amide bonds. The maximum Gasteiger partial charge on any atom is 0.253 e. The maximum absolute atomic E-state index is 12.8. The maximum atomic E-state index is 12.8. The minimum Gasteiger partial charge on any atom is -0.496 e. The van der Waals surface area contributed by atoms with Crippen LogP contribution in [0.15, 0.2) is 18.2 Å². The van der Waals surface area contributed by atoms with Gasteiger partial charge in [0.05, 0.1) is 7.11 Å². The van der Waals surface area contributed by atoms with Crippen molar-refractivity contribution in [3.8, 4) is 5.75 Å². The topological polar surface area (TPSA) is 49.9 Å². The first-order valence-electron chi connectivity index (χ1n) is 8.93. The van der Waals surface area contributed by atoms with Crippen LogP contribution in [0.3, 0.4) is 0 Å². The van der Waals surface area contributed by atoms with Crippen molar-refractivity contribution in [2.45, 2.75) is 40.5 Å². The van der Waals surface area contributed by atoms with Gasteiger partial charge in [-0.1, -0.05) is 20.8 Å². The zero-order valence-electron chi connectivity index (χ0n) is 16.1. The van der Waals surface area contributed by atoms with Crippen LogP contribution in [-0.2, 0) is 4.79 Å². The number of amides is 2. The molecule has 1 saturated heterocycles. The number of nitrogens with zero attached hydrogens (tertiary/aromatic N) is 2. The van der Waals surface area contributed by atoms with E-state index in [4.69, 9.17) is 4.74 Å². The van der Waals surface area contributed by atoms with E-state index >= 15 is 0 Å². The number of benzene rings is 1. The molecule has 0 aromatic heterocycles. The highest BCUT2D eigenvalue weighted by molar-refractivity contribution is 5.94. The Kier molecular flexibility index (Phi) is 6.09. The summed E-state index contributed by atoms with van der Waals surface area (Å²) in [7, 11) is 1.63. The second-order valence-electron chi connectivity index (χ2n) is 7.95. The fourth-order valence-corrected chi connectivity index (χ4v) is 3.13. The largest absolute Gasteiger partial charge is 0.496 e. The quantitative estimate of drug-likeness (QED) is 0.845. The van der Waals surface area contributed by atoms with Gasteiger partial charge in [-0.05, 0) is 42.5 Å². The summed E-state index contributed by atoms with van der Waals surface area (Å²) in [5.41, 5.74) is 1.61. The summed E-state index contributed by atoms with van der Waals surface area (Å²) < 4.78 is 5.26. The summed E-state index contributed by atoms with van der Waals surface area (Å²) in [6.45, 7) is 10.8. The molecule has 0 atom stereocenters. The second-order valence-corrected chi connectivity index (χ2v) is 7.95. The molecular weight excluding hydrogens is 316 g/mol. The average Bonchev–Trinajstić information content (AvgIpc) is 2.78. The van der Waals surface area contributed by atoms with Crippen LogP contribution in [0.1, 0.15) is 49.5 Å². The molecular formula is C20H30N2O3. The third-order valence-corrected chi connectivity index (χ3v) is 4.46. The molecule has 1 aliphatic rings. The monoisotopic (exact) mass is 346 g/mol.